The van der Waals surface area contributed by atoms with Crippen molar-refractivity contribution in [3.8, 4) is 11.5 Å². The number of nitrogens with one attached hydrogen (secondary N) is 2. The van der Waals surface area contributed by atoms with Gasteiger partial charge in [-0.2, -0.15) is 0 Å². The fourth-order valence-electron chi connectivity index (χ4n) is 3.68. The number of halogens is 2. The summed E-state index contributed by atoms with van der Waals surface area (Å²) in [6.45, 7) is 0.569. The summed E-state index contributed by atoms with van der Waals surface area (Å²) >= 11 is 11.8. The number of anilines is 1. The lowest BCUT2D eigenvalue weighted by atomic mass is 10.1. The van der Waals surface area contributed by atoms with E-state index in [-0.39, 0.29) is 17.9 Å². The standard InChI is InChI=1S/C26H23ClFN3O3S/c1-33-23-11-17-10-18(25(32)30-22(17)13-24(23)34-2)15-31(14-16-6-8-20(28)9-7-16)26(35)29-21-5-3-4-19(27)12-21/h3-13H,14-15H2,1-2H3,(H,29,35)(H,30,32). The first kappa shape index (κ1) is 24.5. The number of hydrogen-bond acceptors (Lipinski definition) is 4. The number of benzene rings is 3. The maximum atomic E-state index is 13.4. The molecule has 4 aromatic rings. The van der Waals surface area contributed by atoms with Gasteiger partial charge in [-0.15, -0.1) is 0 Å². The Labute approximate surface area is 212 Å². The Balaban J connectivity index is 1.68. The van der Waals surface area contributed by atoms with Gasteiger partial charge in [-0.3, -0.25) is 4.79 Å². The third-order valence-corrected chi connectivity index (χ3v) is 6.03. The molecule has 6 nitrogen and oxygen atoms in total. The van der Waals surface area contributed by atoms with Crippen molar-refractivity contribution >= 4 is 45.5 Å². The topological polar surface area (TPSA) is 66.6 Å². The first-order valence-electron chi connectivity index (χ1n) is 10.7. The van der Waals surface area contributed by atoms with Gasteiger partial charge in [0.05, 0.1) is 26.3 Å². The zero-order chi connectivity index (χ0) is 24.9. The number of rotatable bonds is 7. The highest BCUT2D eigenvalue weighted by atomic mass is 35.5. The van der Waals surface area contributed by atoms with E-state index in [1.165, 1.54) is 19.2 Å². The predicted molar refractivity (Wildman–Crippen MR) is 141 cm³/mol. The van der Waals surface area contributed by atoms with Gasteiger partial charge in [0.25, 0.3) is 5.56 Å². The van der Waals surface area contributed by atoms with E-state index < -0.39 is 0 Å². The van der Waals surface area contributed by atoms with E-state index >= 15 is 0 Å². The van der Waals surface area contributed by atoms with Gasteiger partial charge in [0.2, 0.25) is 0 Å². The molecular formula is C26H23ClFN3O3S. The highest BCUT2D eigenvalue weighted by molar-refractivity contribution is 7.80. The molecule has 0 bridgehead atoms. The number of methoxy groups -OCH3 is 2. The summed E-state index contributed by atoms with van der Waals surface area (Å²) in [5.41, 5.74) is 2.43. The molecule has 0 unspecified atom stereocenters. The first-order chi connectivity index (χ1) is 16.9. The molecule has 0 saturated heterocycles. The lowest BCUT2D eigenvalue weighted by Gasteiger charge is -2.26. The number of nitrogens with zero attached hydrogens (tertiary/aromatic N) is 1. The summed E-state index contributed by atoms with van der Waals surface area (Å²) in [4.78, 5) is 17.7. The minimum atomic E-state index is -0.324. The average molecular weight is 512 g/mol. The molecule has 0 fully saturated rings. The second-order valence-electron chi connectivity index (χ2n) is 7.84. The number of thiocarbonyl (C=S) groups is 1. The number of hydrogen-bond donors (Lipinski definition) is 2. The van der Waals surface area contributed by atoms with E-state index in [0.717, 1.165) is 16.6 Å². The Morgan fingerprint density at radius 2 is 1.74 bits per heavy atom. The Kier molecular flexibility index (Phi) is 7.53. The Morgan fingerprint density at radius 1 is 1.03 bits per heavy atom. The molecule has 0 spiro atoms. The van der Waals surface area contributed by atoms with Crippen molar-refractivity contribution in [1.82, 2.24) is 9.88 Å². The molecule has 180 valence electrons. The van der Waals surface area contributed by atoms with Crippen LogP contribution in [0.25, 0.3) is 10.9 Å². The Bertz CT molecular complexity index is 1430. The van der Waals surface area contributed by atoms with Crippen LogP contribution in [0.2, 0.25) is 5.02 Å². The van der Waals surface area contributed by atoms with Crippen LogP contribution < -0.4 is 20.3 Å². The van der Waals surface area contributed by atoms with Gasteiger partial charge in [0.15, 0.2) is 16.6 Å². The molecule has 0 atom stereocenters. The first-order valence-corrected chi connectivity index (χ1v) is 11.5. The predicted octanol–water partition coefficient (Wildman–Crippen LogP) is 5.74. The van der Waals surface area contributed by atoms with Gasteiger partial charge < -0.3 is 24.7 Å². The molecule has 0 aliphatic carbocycles. The largest absolute Gasteiger partial charge is 0.493 e. The molecule has 0 radical (unpaired) electrons. The summed E-state index contributed by atoms with van der Waals surface area (Å²) in [7, 11) is 3.10. The minimum absolute atomic E-state index is 0.212. The highest BCUT2D eigenvalue weighted by Crippen LogP contribution is 2.31. The fourth-order valence-corrected chi connectivity index (χ4v) is 4.12. The van der Waals surface area contributed by atoms with E-state index in [1.807, 2.05) is 17.0 Å². The molecule has 35 heavy (non-hydrogen) atoms. The van der Waals surface area contributed by atoms with Crippen LogP contribution in [0.5, 0.6) is 11.5 Å². The number of pyridine rings is 1. The van der Waals surface area contributed by atoms with E-state index in [4.69, 9.17) is 33.3 Å². The third kappa shape index (κ3) is 5.90. The third-order valence-electron chi connectivity index (χ3n) is 5.44. The normalized spacial score (nSPS) is 10.7. The quantitative estimate of drug-likeness (QED) is 0.309. The van der Waals surface area contributed by atoms with E-state index in [2.05, 4.69) is 10.3 Å². The summed E-state index contributed by atoms with van der Waals surface area (Å²) < 4.78 is 24.2. The summed E-state index contributed by atoms with van der Waals surface area (Å²) in [5.74, 6) is 0.753. The molecule has 0 aliphatic heterocycles. The highest BCUT2D eigenvalue weighted by Gasteiger charge is 2.16. The molecule has 2 N–H and O–H groups in total. The fraction of sp³-hybridized carbons (Fsp3) is 0.154. The molecule has 3 aromatic carbocycles. The van der Waals surface area contributed by atoms with Crippen molar-refractivity contribution in [2.24, 2.45) is 0 Å². The second kappa shape index (κ2) is 10.8. The smallest absolute Gasteiger partial charge is 0.253 e. The molecule has 1 heterocycles. The van der Waals surface area contributed by atoms with Gasteiger partial charge in [-0.1, -0.05) is 29.8 Å². The van der Waals surface area contributed by atoms with Crippen LogP contribution in [-0.2, 0) is 13.1 Å². The van der Waals surface area contributed by atoms with E-state index in [9.17, 15) is 9.18 Å². The van der Waals surface area contributed by atoms with Crippen molar-refractivity contribution in [3.05, 3.63) is 99.1 Å². The SMILES string of the molecule is COc1cc2cc(CN(Cc3ccc(F)cc3)C(=S)Nc3cccc(Cl)c3)c(=O)[nH]c2cc1OC. The number of ether oxygens (including phenoxy) is 2. The zero-order valence-corrected chi connectivity index (χ0v) is 20.7. The maximum absolute atomic E-state index is 13.4. The van der Waals surface area contributed by atoms with Crippen LogP contribution in [0.15, 0.2) is 71.5 Å². The molecule has 9 heteroatoms. The van der Waals surface area contributed by atoms with Crippen molar-refractivity contribution in [3.63, 3.8) is 0 Å². The van der Waals surface area contributed by atoms with Crippen molar-refractivity contribution in [2.75, 3.05) is 19.5 Å². The van der Waals surface area contributed by atoms with Crippen LogP contribution in [0.1, 0.15) is 11.1 Å². The van der Waals surface area contributed by atoms with Crippen LogP contribution in [-0.4, -0.2) is 29.2 Å². The average Bonchev–Trinajstić information content (AvgIpc) is 2.84. The second-order valence-corrected chi connectivity index (χ2v) is 8.66. The van der Waals surface area contributed by atoms with Crippen LogP contribution >= 0.6 is 23.8 Å². The zero-order valence-electron chi connectivity index (χ0n) is 19.1. The van der Waals surface area contributed by atoms with Crippen LogP contribution in [0.3, 0.4) is 0 Å². The van der Waals surface area contributed by atoms with Gasteiger partial charge in [-0.25, -0.2) is 4.39 Å². The van der Waals surface area contributed by atoms with Gasteiger partial charge in [0, 0.05) is 34.3 Å². The van der Waals surface area contributed by atoms with Crippen LogP contribution in [0, 0.1) is 5.82 Å². The molecular weight excluding hydrogens is 489 g/mol. The number of H-pyrrole nitrogens is 1. The molecule has 1 aromatic heterocycles. The molecule has 0 aliphatic rings. The van der Waals surface area contributed by atoms with Crippen molar-refractivity contribution < 1.29 is 13.9 Å². The summed E-state index contributed by atoms with van der Waals surface area (Å²) in [5, 5.41) is 4.92. The molecule has 0 amide bonds. The Morgan fingerprint density at radius 3 is 2.43 bits per heavy atom. The Hall–Kier alpha value is -3.62. The maximum Gasteiger partial charge on any atom is 0.253 e. The van der Waals surface area contributed by atoms with Crippen molar-refractivity contribution in [1.29, 1.82) is 0 Å². The van der Waals surface area contributed by atoms with Gasteiger partial charge in [-0.05, 0) is 60.2 Å². The summed E-state index contributed by atoms with van der Waals surface area (Å²) in [6, 6.07) is 18.7. The van der Waals surface area contributed by atoms with E-state index in [1.54, 1.807) is 49.6 Å². The molecule has 0 saturated carbocycles. The monoisotopic (exact) mass is 511 g/mol. The van der Waals surface area contributed by atoms with Gasteiger partial charge in [0.1, 0.15) is 5.82 Å². The van der Waals surface area contributed by atoms with E-state index in [0.29, 0.717) is 39.3 Å². The number of fused-ring (bicyclic) bond motifs is 1. The minimum Gasteiger partial charge on any atom is -0.493 e. The van der Waals surface area contributed by atoms with Crippen LogP contribution in [0.4, 0.5) is 10.1 Å². The number of aromatic amines is 1. The summed E-state index contributed by atoms with van der Waals surface area (Å²) in [6.07, 6.45) is 0. The number of aromatic nitrogens is 1. The lowest BCUT2D eigenvalue weighted by Crippen LogP contribution is -2.35. The lowest BCUT2D eigenvalue weighted by molar-refractivity contribution is 0.355. The van der Waals surface area contributed by atoms with Gasteiger partial charge >= 0.3 is 0 Å². The molecule has 4 rings (SSSR count). The van der Waals surface area contributed by atoms with Crippen molar-refractivity contribution in [2.45, 2.75) is 13.1 Å².